The van der Waals surface area contributed by atoms with Crippen LogP contribution in [0, 0.1) is 12.8 Å². The van der Waals surface area contributed by atoms with Gasteiger partial charge in [-0.2, -0.15) is 0 Å². The number of carboxylic acids is 1. The molecule has 5 heteroatoms. The second-order valence-corrected chi connectivity index (χ2v) is 4.11. The van der Waals surface area contributed by atoms with E-state index >= 15 is 0 Å². The predicted octanol–water partition coefficient (Wildman–Crippen LogP) is 2.70. The molecule has 2 N–H and O–H groups in total. The molecular weight excluding hydrogens is 242 g/mol. The zero-order valence-electron chi connectivity index (χ0n) is 9.66. The van der Waals surface area contributed by atoms with Gasteiger partial charge in [-0.05, 0) is 31.0 Å². The highest BCUT2D eigenvalue weighted by molar-refractivity contribution is 6.31. The van der Waals surface area contributed by atoms with Crippen LogP contribution >= 0.6 is 11.6 Å². The average molecular weight is 256 g/mol. The summed E-state index contributed by atoms with van der Waals surface area (Å²) in [6.45, 7) is 3.42. The second kappa shape index (κ2) is 5.68. The number of nitrogens with one attached hydrogen (secondary N) is 1. The van der Waals surface area contributed by atoms with Crippen LogP contribution in [-0.2, 0) is 9.59 Å². The van der Waals surface area contributed by atoms with E-state index in [1.54, 1.807) is 32.0 Å². The number of aliphatic carboxylic acids is 1. The predicted molar refractivity (Wildman–Crippen MR) is 66.2 cm³/mol. The molecule has 17 heavy (non-hydrogen) atoms. The number of carboxylic acid groups (broad SMARTS) is 1. The van der Waals surface area contributed by atoms with E-state index in [2.05, 4.69) is 5.32 Å². The number of anilines is 1. The fourth-order valence-corrected chi connectivity index (χ4v) is 1.61. The molecule has 4 nitrogen and oxygen atoms in total. The lowest BCUT2D eigenvalue weighted by molar-refractivity contribution is -0.145. The van der Waals surface area contributed by atoms with Crippen LogP contribution in [0.4, 0.5) is 5.69 Å². The highest BCUT2D eigenvalue weighted by Gasteiger charge is 2.24. The van der Waals surface area contributed by atoms with E-state index in [1.807, 2.05) is 0 Å². The summed E-state index contributed by atoms with van der Waals surface area (Å²) in [6, 6.07) is 5.10. The summed E-state index contributed by atoms with van der Waals surface area (Å²) in [4.78, 5) is 22.5. The molecule has 0 aliphatic heterocycles. The van der Waals surface area contributed by atoms with Crippen LogP contribution in [0.15, 0.2) is 18.2 Å². The summed E-state index contributed by atoms with van der Waals surface area (Å²) in [7, 11) is 0. The van der Waals surface area contributed by atoms with Crippen LogP contribution in [0.3, 0.4) is 0 Å². The number of hydrogen-bond acceptors (Lipinski definition) is 2. The van der Waals surface area contributed by atoms with E-state index < -0.39 is 17.8 Å². The third-order valence-corrected chi connectivity index (χ3v) is 2.96. The highest BCUT2D eigenvalue weighted by atomic mass is 35.5. The van der Waals surface area contributed by atoms with Crippen LogP contribution in [0.5, 0.6) is 0 Å². The molecule has 0 aromatic heterocycles. The normalized spacial score (nSPS) is 11.9. The van der Waals surface area contributed by atoms with E-state index in [1.165, 1.54) is 0 Å². The summed E-state index contributed by atoms with van der Waals surface area (Å²) >= 11 is 5.91. The highest BCUT2D eigenvalue weighted by Crippen LogP contribution is 2.23. The third-order valence-electron chi connectivity index (χ3n) is 2.55. The van der Waals surface area contributed by atoms with E-state index in [4.69, 9.17) is 16.7 Å². The van der Waals surface area contributed by atoms with Gasteiger partial charge in [-0.1, -0.05) is 24.6 Å². The van der Waals surface area contributed by atoms with Gasteiger partial charge >= 0.3 is 5.97 Å². The number of rotatable bonds is 4. The first-order valence-electron chi connectivity index (χ1n) is 5.26. The van der Waals surface area contributed by atoms with Gasteiger partial charge in [-0.25, -0.2) is 0 Å². The van der Waals surface area contributed by atoms with E-state index in [0.717, 1.165) is 5.56 Å². The molecule has 1 rings (SSSR count). The maximum Gasteiger partial charge on any atom is 0.316 e. The number of amides is 1. The smallest absolute Gasteiger partial charge is 0.316 e. The van der Waals surface area contributed by atoms with Crippen molar-refractivity contribution >= 4 is 29.2 Å². The van der Waals surface area contributed by atoms with Crippen molar-refractivity contribution in [3.63, 3.8) is 0 Å². The average Bonchev–Trinajstić information content (AvgIpc) is 2.25. The second-order valence-electron chi connectivity index (χ2n) is 3.70. The molecule has 0 heterocycles. The molecule has 0 saturated heterocycles. The Morgan fingerprint density at radius 3 is 2.65 bits per heavy atom. The van der Waals surface area contributed by atoms with Crippen molar-refractivity contribution in [3.8, 4) is 0 Å². The summed E-state index contributed by atoms with van der Waals surface area (Å²) < 4.78 is 0. The Bertz CT molecular complexity index is 445. The number of benzene rings is 1. The SMILES string of the molecule is CCC(C(=O)O)C(=O)Nc1cccc(Cl)c1C. The molecule has 1 atom stereocenters. The molecule has 0 bridgehead atoms. The van der Waals surface area contributed by atoms with Gasteiger partial charge in [0.15, 0.2) is 0 Å². The zero-order valence-corrected chi connectivity index (χ0v) is 10.4. The van der Waals surface area contributed by atoms with Crippen molar-refractivity contribution < 1.29 is 14.7 Å². The molecule has 0 saturated carbocycles. The third kappa shape index (κ3) is 3.20. The van der Waals surface area contributed by atoms with Gasteiger partial charge < -0.3 is 10.4 Å². The van der Waals surface area contributed by atoms with Gasteiger partial charge in [0.05, 0.1) is 0 Å². The standard InChI is InChI=1S/C12H14ClNO3/c1-3-8(12(16)17)11(15)14-10-6-4-5-9(13)7(10)2/h4-6,8H,3H2,1-2H3,(H,14,15)(H,16,17). The summed E-state index contributed by atoms with van der Waals surface area (Å²) in [6.07, 6.45) is 0.251. The zero-order chi connectivity index (χ0) is 13.0. The Morgan fingerprint density at radius 2 is 2.12 bits per heavy atom. The van der Waals surface area contributed by atoms with Gasteiger partial charge in [-0.15, -0.1) is 0 Å². The van der Waals surface area contributed by atoms with E-state index in [0.29, 0.717) is 10.7 Å². The molecule has 1 aromatic carbocycles. The molecule has 0 spiro atoms. The molecule has 1 aromatic rings. The minimum Gasteiger partial charge on any atom is -0.481 e. The monoisotopic (exact) mass is 255 g/mol. The lowest BCUT2D eigenvalue weighted by Crippen LogP contribution is -2.29. The minimum atomic E-state index is -1.12. The molecule has 0 aliphatic carbocycles. The first-order valence-corrected chi connectivity index (χ1v) is 5.64. The van der Waals surface area contributed by atoms with Crippen LogP contribution in [0.2, 0.25) is 5.02 Å². The lowest BCUT2D eigenvalue weighted by atomic mass is 10.1. The van der Waals surface area contributed by atoms with Crippen molar-refractivity contribution in [2.75, 3.05) is 5.32 Å². The van der Waals surface area contributed by atoms with Crippen molar-refractivity contribution in [3.05, 3.63) is 28.8 Å². The summed E-state index contributed by atoms with van der Waals surface area (Å²) in [5.74, 6) is -2.68. The fraction of sp³-hybridized carbons (Fsp3) is 0.333. The van der Waals surface area contributed by atoms with Crippen molar-refractivity contribution in [1.29, 1.82) is 0 Å². The van der Waals surface area contributed by atoms with Gasteiger partial charge in [0.1, 0.15) is 5.92 Å². The Kier molecular flexibility index (Phi) is 4.52. The number of hydrogen-bond donors (Lipinski definition) is 2. The van der Waals surface area contributed by atoms with Gasteiger partial charge in [0, 0.05) is 10.7 Å². The Labute approximate surface area is 105 Å². The number of carbonyl (C=O) groups excluding carboxylic acids is 1. The van der Waals surface area contributed by atoms with Gasteiger partial charge in [0.2, 0.25) is 5.91 Å². The quantitative estimate of drug-likeness (QED) is 0.813. The number of halogens is 1. The molecule has 0 radical (unpaired) electrons. The van der Waals surface area contributed by atoms with Gasteiger partial charge in [0.25, 0.3) is 0 Å². The maximum absolute atomic E-state index is 11.7. The fourth-order valence-electron chi connectivity index (χ4n) is 1.43. The van der Waals surface area contributed by atoms with Gasteiger partial charge in [-0.3, -0.25) is 9.59 Å². The number of carbonyl (C=O) groups is 2. The van der Waals surface area contributed by atoms with Crippen molar-refractivity contribution in [2.45, 2.75) is 20.3 Å². The lowest BCUT2D eigenvalue weighted by Gasteiger charge is -2.13. The minimum absolute atomic E-state index is 0.251. The topological polar surface area (TPSA) is 66.4 Å². The first-order chi connectivity index (χ1) is 7.97. The molecule has 1 unspecified atom stereocenters. The van der Waals surface area contributed by atoms with E-state index in [-0.39, 0.29) is 6.42 Å². The summed E-state index contributed by atoms with van der Waals surface area (Å²) in [5, 5.41) is 12.0. The van der Waals surface area contributed by atoms with Crippen molar-refractivity contribution in [1.82, 2.24) is 0 Å². The molecule has 1 amide bonds. The van der Waals surface area contributed by atoms with Crippen LogP contribution < -0.4 is 5.32 Å². The van der Waals surface area contributed by atoms with Crippen LogP contribution in [-0.4, -0.2) is 17.0 Å². The molecule has 0 aliphatic rings. The summed E-state index contributed by atoms with van der Waals surface area (Å²) in [5.41, 5.74) is 1.27. The Morgan fingerprint density at radius 1 is 1.47 bits per heavy atom. The Balaban J connectivity index is 2.88. The van der Waals surface area contributed by atoms with Crippen LogP contribution in [0.1, 0.15) is 18.9 Å². The van der Waals surface area contributed by atoms with Crippen LogP contribution in [0.25, 0.3) is 0 Å². The molecule has 0 fully saturated rings. The first kappa shape index (κ1) is 13.5. The Hall–Kier alpha value is -1.55. The largest absolute Gasteiger partial charge is 0.481 e. The molecular formula is C12H14ClNO3. The maximum atomic E-state index is 11.7. The molecule has 92 valence electrons. The van der Waals surface area contributed by atoms with E-state index in [9.17, 15) is 9.59 Å². The van der Waals surface area contributed by atoms with Crippen molar-refractivity contribution in [2.24, 2.45) is 5.92 Å².